The largest absolute Gasteiger partial charge is 0.508 e. The van der Waals surface area contributed by atoms with Crippen LogP contribution in [0.3, 0.4) is 0 Å². The third-order valence-corrected chi connectivity index (χ3v) is 4.34. The number of phenolic OH excluding ortho intramolecular Hbond substituents is 1. The van der Waals surface area contributed by atoms with Crippen LogP contribution in [0.5, 0.6) is 5.75 Å². The molecule has 1 aliphatic rings. The second-order valence-corrected chi connectivity index (χ2v) is 6.20. The number of nitrogens with zero attached hydrogens (tertiary/aromatic N) is 1. The Kier molecular flexibility index (Phi) is 4.76. The number of benzene rings is 2. The third kappa shape index (κ3) is 3.87. The fraction of sp³-hybridized carbons (Fsp3) is 0.368. The van der Waals surface area contributed by atoms with E-state index in [0.717, 1.165) is 38.2 Å². The minimum atomic E-state index is 0.398. The Bertz CT molecular complexity index is 612. The zero-order valence-electron chi connectivity index (χ0n) is 13.1. The highest BCUT2D eigenvalue weighted by molar-refractivity contribution is 5.35. The van der Waals surface area contributed by atoms with Gasteiger partial charge in [-0.2, -0.15) is 0 Å². The van der Waals surface area contributed by atoms with Gasteiger partial charge in [0.25, 0.3) is 0 Å². The van der Waals surface area contributed by atoms with Crippen molar-refractivity contribution in [3.05, 3.63) is 65.2 Å². The van der Waals surface area contributed by atoms with Gasteiger partial charge in [0.1, 0.15) is 5.75 Å². The van der Waals surface area contributed by atoms with Crippen molar-refractivity contribution in [1.29, 1.82) is 0 Å². The second-order valence-electron chi connectivity index (χ2n) is 6.20. The molecular weight excluding hydrogens is 272 g/mol. The molecule has 3 heteroatoms. The average Bonchev–Trinajstić information content (AvgIpc) is 2.52. The summed E-state index contributed by atoms with van der Waals surface area (Å²) in [5.74, 6) is 0.398. The molecule has 0 saturated carbocycles. The topological polar surface area (TPSA) is 35.5 Å². The molecule has 3 nitrogen and oxygen atoms in total. The first-order chi connectivity index (χ1) is 10.7. The number of rotatable bonds is 4. The van der Waals surface area contributed by atoms with Crippen molar-refractivity contribution in [3.8, 4) is 5.75 Å². The molecule has 0 aromatic heterocycles. The second kappa shape index (κ2) is 6.95. The molecule has 0 amide bonds. The summed E-state index contributed by atoms with van der Waals surface area (Å²) in [6, 6.07) is 17.1. The predicted molar refractivity (Wildman–Crippen MR) is 90.1 cm³/mol. The van der Waals surface area contributed by atoms with Crippen LogP contribution in [0, 0.1) is 6.92 Å². The highest BCUT2D eigenvalue weighted by Gasteiger charge is 2.19. The smallest absolute Gasteiger partial charge is 0.118 e. The number of nitrogens with one attached hydrogen (secondary N) is 1. The van der Waals surface area contributed by atoms with Gasteiger partial charge in [0.15, 0.2) is 0 Å². The molecule has 0 radical (unpaired) electrons. The van der Waals surface area contributed by atoms with Gasteiger partial charge >= 0.3 is 0 Å². The van der Waals surface area contributed by atoms with Gasteiger partial charge in [-0.3, -0.25) is 4.90 Å². The van der Waals surface area contributed by atoms with E-state index >= 15 is 0 Å². The van der Waals surface area contributed by atoms with Gasteiger partial charge in [0, 0.05) is 32.2 Å². The molecule has 0 aliphatic carbocycles. The monoisotopic (exact) mass is 296 g/mol. The van der Waals surface area contributed by atoms with Crippen LogP contribution < -0.4 is 5.32 Å². The Balaban J connectivity index is 1.59. The molecule has 3 rings (SSSR count). The van der Waals surface area contributed by atoms with Crippen LogP contribution in [0.2, 0.25) is 0 Å². The summed E-state index contributed by atoms with van der Waals surface area (Å²) in [5, 5.41) is 13.4. The zero-order chi connectivity index (χ0) is 15.4. The number of hydrogen-bond acceptors (Lipinski definition) is 3. The molecule has 0 bridgehead atoms. The normalized spacial score (nSPS) is 19.2. The molecule has 2 N–H and O–H groups in total. The van der Waals surface area contributed by atoms with Crippen LogP contribution in [0.15, 0.2) is 48.5 Å². The van der Waals surface area contributed by atoms with Gasteiger partial charge < -0.3 is 10.4 Å². The van der Waals surface area contributed by atoms with Gasteiger partial charge in [-0.1, -0.05) is 42.5 Å². The van der Waals surface area contributed by atoms with Gasteiger partial charge in [-0.25, -0.2) is 0 Å². The number of aromatic hydroxyl groups is 1. The maximum atomic E-state index is 9.85. The van der Waals surface area contributed by atoms with Gasteiger partial charge in [0.2, 0.25) is 0 Å². The standard InChI is InChI=1S/C19H24N2O/c1-15-7-8-17(12-19(15)22)11-18-14-21(10-9-20-18)13-16-5-3-2-4-6-16/h2-8,12,18,20,22H,9-11,13-14H2,1H3/t18-/m1/s1. The highest BCUT2D eigenvalue weighted by Crippen LogP contribution is 2.19. The number of aryl methyl sites for hydroxylation is 1. The lowest BCUT2D eigenvalue weighted by atomic mass is 10.0. The van der Waals surface area contributed by atoms with Crippen LogP contribution in [-0.2, 0) is 13.0 Å². The lowest BCUT2D eigenvalue weighted by Gasteiger charge is -2.34. The molecule has 1 atom stereocenters. The molecule has 0 unspecified atom stereocenters. The van der Waals surface area contributed by atoms with Crippen molar-refractivity contribution in [2.45, 2.75) is 25.9 Å². The van der Waals surface area contributed by atoms with E-state index < -0.39 is 0 Å². The van der Waals surface area contributed by atoms with Crippen LogP contribution >= 0.6 is 0 Å². The predicted octanol–water partition coefficient (Wildman–Crippen LogP) is 2.72. The minimum Gasteiger partial charge on any atom is -0.508 e. The number of phenols is 1. The fourth-order valence-electron chi connectivity index (χ4n) is 3.08. The van der Waals surface area contributed by atoms with Crippen molar-refractivity contribution in [3.63, 3.8) is 0 Å². The minimum absolute atomic E-state index is 0.398. The first-order valence-corrected chi connectivity index (χ1v) is 7.99. The van der Waals surface area contributed by atoms with E-state index in [9.17, 15) is 5.11 Å². The number of piperazine rings is 1. The van der Waals surface area contributed by atoms with E-state index in [1.165, 1.54) is 11.1 Å². The average molecular weight is 296 g/mol. The summed E-state index contributed by atoms with van der Waals surface area (Å²) in [6.07, 6.45) is 0.957. The molecule has 2 aromatic carbocycles. The van der Waals surface area contributed by atoms with Crippen molar-refractivity contribution in [2.75, 3.05) is 19.6 Å². The quantitative estimate of drug-likeness (QED) is 0.910. The molecule has 1 fully saturated rings. The summed E-state index contributed by atoms with van der Waals surface area (Å²) in [6.45, 7) is 6.10. The van der Waals surface area contributed by atoms with E-state index in [1.807, 2.05) is 19.1 Å². The van der Waals surface area contributed by atoms with E-state index in [2.05, 4.69) is 46.6 Å². The maximum Gasteiger partial charge on any atom is 0.118 e. The third-order valence-electron chi connectivity index (χ3n) is 4.34. The van der Waals surface area contributed by atoms with Gasteiger partial charge in [-0.05, 0) is 36.1 Å². The maximum absolute atomic E-state index is 9.85. The summed E-state index contributed by atoms with van der Waals surface area (Å²) >= 11 is 0. The van der Waals surface area contributed by atoms with Crippen LogP contribution in [-0.4, -0.2) is 35.7 Å². The van der Waals surface area contributed by atoms with E-state index in [1.54, 1.807) is 0 Å². The van der Waals surface area contributed by atoms with Gasteiger partial charge in [-0.15, -0.1) is 0 Å². The first-order valence-electron chi connectivity index (χ1n) is 7.99. The lowest BCUT2D eigenvalue weighted by Crippen LogP contribution is -2.51. The summed E-state index contributed by atoms with van der Waals surface area (Å²) < 4.78 is 0. The number of hydrogen-bond donors (Lipinski definition) is 2. The molecule has 1 heterocycles. The van der Waals surface area contributed by atoms with Crippen molar-refractivity contribution in [2.24, 2.45) is 0 Å². The van der Waals surface area contributed by atoms with Crippen LogP contribution in [0.1, 0.15) is 16.7 Å². The Morgan fingerprint density at radius 3 is 2.73 bits per heavy atom. The summed E-state index contributed by atoms with van der Waals surface area (Å²) in [4.78, 5) is 2.50. The Hall–Kier alpha value is -1.84. The molecule has 0 spiro atoms. The van der Waals surface area contributed by atoms with E-state index in [0.29, 0.717) is 11.8 Å². The molecule has 1 aliphatic heterocycles. The molecule has 116 valence electrons. The van der Waals surface area contributed by atoms with E-state index in [4.69, 9.17) is 0 Å². The van der Waals surface area contributed by atoms with Crippen LogP contribution in [0.4, 0.5) is 0 Å². The first kappa shape index (κ1) is 15.1. The Morgan fingerprint density at radius 2 is 1.95 bits per heavy atom. The summed E-state index contributed by atoms with van der Waals surface area (Å²) in [7, 11) is 0. The zero-order valence-corrected chi connectivity index (χ0v) is 13.1. The van der Waals surface area contributed by atoms with Crippen molar-refractivity contribution in [1.82, 2.24) is 10.2 Å². The van der Waals surface area contributed by atoms with Gasteiger partial charge in [0.05, 0.1) is 0 Å². The highest BCUT2D eigenvalue weighted by atomic mass is 16.3. The molecule has 2 aromatic rings. The molecule has 1 saturated heterocycles. The summed E-state index contributed by atoms with van der Waals surface area (Å²) in [5.41, 5.74) is 3.50. The lowest BCUT2D eigenvalue weighted by molar-refractivity contribution is 0.192. The van der Waals surface area contributed by atoms with Crippen LogP contribution in [0.25, 0.3) is 0 Å². The molecular formula is C19H24N2O. The van der Waals surface area contributed by atoms with Crippen molar-refractivity contribution >= 4 is 0 Å². The SMILES string of the molecule is Cc1ccc(C[C@@H]2CN(Cc3ccccc3)CCN2)cc1O. The molecule has 22 heavy (non-hydrogen) atoms. The fourth-order valence-corrected chi connectivity index (χ4v) is 3.08. The Labute approximate surface area is 132 Å². The van der Waals surface area contributed by atoms with E-state index in [-0.39, 0.29) is 0 Å². The van der Waals surface area contributed by atoms with Crippen molar-refractivity contribution < 1.29 is 5.11 Å². The Morgan fingerprint density at radius 1 is 1.14 bits per heavy atom.